The number of aliphatic hydroxyl groups excluding tert-OH is 1. The van der Waals surface area contributed by atoms with Crippen LogP contribution >= 0.6 is 11.8 Å². The monoisotopic (exact) mass is 491 g/mol. The van der Waals surface area contributed by atoms with Crippen LogP contribution in [0.5, 0.6) is 0 Å². The van der Waals surface area contributed by atoms with Crippen LogP contribution in [-0.4, -0.2) is 82.7 Å². The molecule has 12 heteroatoms. The van der Waals surface area contributed by atoms with Gasteiger partial charge < -0.3 is 37.6 Å². The number of carbonyl (C=O) groups is 4. The van der Waals surface area contributed by atoms with E-state index in [2.05, 4.69) is 16.0 Å². The van der Waals surface area contributed by atoms with E-state index in [4.69, 9.17) is 11.5 Å². The first kappa shape index (κ1) is 31.1. The van der Waals surface area contributed by atoms with Crippen LogP contribution in [0.1, 0.15) is 52.9 Å². The molecule has 0 saturated carbocycles. The van der Waals surface area contributed by atoms with Gasteiger partial charge in [0.05, 0.1) is 6.10 Å². The van der Waals surface area contributed by atoms with Crippen molar-refractivity contribution >= 4 is 35.5 Å². The molecule has 0 aromatic heterocycles. The van der Waals surface area contributed by atoms with Crippen molar-refractivity contribution in [2.75, 3.05) is 18.6 Å². The van der Waals surface area contributed by atoms with Crippen molar-refractivity contribution in [3.63, 3.8) is 0 Å². The maximum atomic E-state index is 13.0. The highest BCUT2D eigenvalue weighted by Gasteiger charge is 2.31. The van der Waals surface area contributed by atoms with Gasteiger partial charge in [-0.2, -0.15) is 11.8 Å². The molecule has 3 amide bonds. The van der Waals surface area contributed by atoms with Crippen molar-refractivity contribution in [1.29, 1.82) is 0 Å². The fourth-order valence-electron chi connectivity index (χ4n) is 2.99. The first-order chi connectivity index (χ1) is 15.4. The predicted molar refractivity (Wildman–Crippen MR) is 128 cm³/mol. The molecule has 0 fully saturated rings. The molecule has 0 saturated heterocycles. The second-order valence-corrected chi connectivity index (χ2v) is 9.47. The first-order valence-corrected chi connectivity index (χ1v) is 12.6. The fourth-order valence-corrected chi connectivity index (χ4v) is 3.46. The van der Waals surface area contributed by atoms with Gasteiger partial charge in [-0.25, -0.2) is 4.79 Å². The largest absolute Gasteiger partial charge is 0.480 e. The summed E-state index contributed by atoms with van der Waals surface area (Å²) in [4.78, 5) is 49.6. The summed E-state index contributed by atoms with van der Waals surface area (Å²) >= 11 is 1.47. The molecule has 5 atom stereocenters. The Balaban J connectivity index is 5.46. The standard InChI is InChI=1S/C21H41N5O6S/c1-12(2)11-16(19(29)25-15(21(31)32)8-10-33-4)26-18(28)14(7-5-6-9-22)24-20(30)17(23)13(3)27/h12-17,27H,5-11,22-23H2,1-4H3,(H,24,30)(H,25,29)(H,26,28)(H,31,32). The topological polar surface area (TPSA) is 197 Å². The highest BCUT2D eigenvalue weighted by atomic mass is 32.2. The molecule has 0 aliphatic heterocycles. The zero-order valence-electron chi connectivity index (χ0n) is 20.0. The number of hydrogen-bond donors (Lipinski definition) is 7. The van der Waals surface area contributed by atoms with Gasteiger partial charge in [0.2, 0.25) is 17.7 Å². The second-order valence-electron chi connectivity index (χ2n) is 8.48. The van der Waals surface area contributed by atoms with Gasteiger partial charge in [0.25, 0.3) is 0 Å². The number of aliphatic hydroxyl groups is 1. The van der Waals surface area contributed by atoms with Crippen LogP contribution in [0.3, 0.4) is 0 Å². The molecule has 0 radical (unpaired) electrons. The van der Waals surface area contributed by atoms with Crippen LogP contribution in [0, 0.1) is 5.92 Å². The molecule has 0 aliphatic carbocycles. The summed E-state index contributed by atoms with van der Waals surface area (Å²) in [6, 6.07) is -4.24. The summed E-state index contributed by atoms with van der Waals surface area (Å²) in [7, 11) is 0. The zero-order chi connectivity index (χ0) is 25.6. The normalized spacial score (nSPS) is 15.8. The van der Waals surface area contributed by atoms with Crippen LogP contribution in [0.4, 0.5) is 0 Å². The van der Waals surface area contributed by atoms with Crippen LogP contribution in [-0.2, 0) is 19.2 Å². The van der Waals surface area contributed by atoms with Crippen LogP contribution < -0.4 is 27.4 Å². The molecular formula is C21H41N5O6S. The quantitative estimate of drug-likeness (QED) is 0.127. The number of rotatable bonds is 17. The van der Waals surface area contributed by atoms with E-state index in [1.807, 2.05) is 20.1 Å². The minimum absolute atomic E-state index is 0.0319. The van der Waals surface area contributed by atoms with Crippen molar-refractivity contribution in [3.8, 4) is 0 Å². The van der Waals surface area contributed by atoms with Crippen molar-refractivity contribution in [1.82, 2.24) is 16.0 Å². The molecule has 0 heterocycles. The molecule has 11 nitrogen and oxygen atoms in total. The Hall–Kier alpha value is -1.89. The summed E-state index contributed by atoms with van der Waals surface area (Å²) in [5.74, 6) is -2.44. The van der Waals surface area contributed by atoms with Gasteiger partial charge in [-0.1, -0.05) is 13.8 Å². The van der Waals surface area contributed by atoms with E-state index in [0.29, 0.717) is 25.1 Å². The Morgan fingerprint density at radius 3 is 1.91 bits per heavy atom. The van der Waals surface area contributed by atoms with Crippen molar-refractivity contribution < 1.29 is 29.4 Å². The maximum Gasteiger partial charge on any atom is 0.326 e. The number of carboxylic acid groups (broad SMARTS) is 1. The van der Waals surface area contributed by atoms with Crippen LogP contribution in [0.25, 0.3) is 0 Å². The second kappa shape index (κ2) is 16.7. The number of carboxylic acids is 1. The fraction of sp³-hybridized carbons (Fsp3) is 0.810. The molecule has 0 aromatic rings. The Bertz CT molecular complexity index is 634. The molecule has 0 aromatic carbocycles. The summed E-state index contributed by atoms with van der Waals surface area (Å²) in [6.07, 6.45) is 2.71. The van der Waals surface area contributed by atoms with Gasteiger partial charge in [0.1, 0.15) is 24.2 Å². The number of amides is 3. The Kier molecular flexibility index (Phi) is 15.7. The summed E-state index contributed by atoms with van der Waals surface area (Å²) in [5.41, 5.74) is 11.2. The SMILES string of the molecule is CSCCC(NC(=O)C(CC(C)C)NC(=O)C(CCCCN)NC(=O)C(N)C(C)O)C(=O)O. The molecule has 192 valence electrons. The van der Waals surface area contributed by atoms with Gasteiger partial charge in [-0.15, -0.1) is 0 Å². The van der Waals surface area contributed by atoms with E-state index in [-0.39, 0.29) is 25.2 Å². The summed E-state index contributed by atoms with van der Waals surface area (Å²) in [5, 5.41) is 26.6. The van der Waals surface area contributed by atoms with Crippen molar-refractivity contribution in [3.05, 3.63) is 0 Å². The van der Waals surface area contributed by atoms with Gasteiger partial charge in [-0.05, 0) is 63.5 Å². The highest BCUT2D eigenvalue weighted by molar-refractivity contribution is 7.98. The van der Waals surface area contributed by atoms with E-state index in [1.54, 1.807) is 0 Å². The van der Waals surface area contributed by atoms with Crippen molar-refractivity contribution in [2.24, 2.45) is 17.4 Å². The summed E-state index contributed by atoms with van der Waals surface area (Å²) in [6.45, 7) is 5.53. The van der Waals surface area contributed by atoms with E-state index < -0.39 is 54.0 Å². The molecule has 0 spiro atoms. The third-order valence-electron chi connectivity index (χ3n) is 4.97. The number of hydrogen-bond acceptors (Lipinski definition) is 8. The molecule has 5 unspecified atom stereocenters. The molecular weight excluding hydrogens is 450 g/mol. The molecule has 0 aliphatic rings. The lowest BCUT2D eigenvalue weighted by atomic mass is 10.0. The number of nitrogens with two attached hydrogens (primary N) is 2. The number of unbranched alkanes of at least 4 members (excludes halogenated alkanes) is 1. The van der Waals surface area contributed by atoms with Gasteiger partial charge >= 0.3 is 5.97 Å². The van der Waals surface area contributed by atoms with E-state index in [9.17, 15) is 29.4 Å². The number of nitrogens with one attached hydrogen (secondary N) is 3. The van der Waals surface area contributed by atoms with Gasteiger partial charge in [-0.3, -0.25) is 14.4 Å². The van der Waals surface area contributed by atoms with Crippen molar-refractivity contribution in [2.45, 2.75) is 83.1 Å². The molecule has 0 rings (SSSR count). The maximum absolute atomic E-state index is 13.0. The van der Waals surface area contributed by atoms with E-state index >= 15 is 0 Å². The Morgan fingerprint density at radius 1 is 0.879 bits per heavy atom. The Labute approximate surface area is 200 Å². The Morgan fingerprint density at radius 2 is 1.42 bits per heavy atom. The average molecular weight is 492 g/mol. The highest BCUT2D eigenvalue weighted by Crippen LogP contribution is 2.09. The van der Waals surface area contributed by atoms with Crippen LogP contribution in [0.15, 0.2) is 0 Å². The minimum Gasteiger partial charge on any atom is -0.480 e. The number of aliphatic carboxylic acids is 1. The van der Waals surface area contributed by atoms with E-state index in [0.717, 1.165) is 0 Å². The lowest BCUT2D eigenvalue weighted by Crippen LogP contribution is -2.58. The minimum atomic E-state index is -1.21. The lowest BCUT2D eigenvalue weighted by molar-refractivity contribution is -0.142. The molecule has 9 N–H and O–H groups in total. The average Bonchev–Trinajstić information content (AvgIpc) is 2.73. The molecule has 0 bridgehead atoms. The predicted octanol–water partition coefficient (Wildman–Crippen LogP) is -0.838. The van der Waals surface area contributed by atoms with E-state index in [1.165, 1.54) is 18.7 Å². The number of carbonyl (C=O) groups excluding carboxylic acids is 3. The first-order valence-electron chi connectivity index (χ1n) is 11.2. The number of thioether (sulfide) groups is 1. The third kappa shape index (κ3) is 12.8. The van der Waals surface area contributed by atoms with Crippen LogP contribution in [0.2, 0.25) is 0 Å². The third-order valence-corrected chi connectivity index (χ3v) is 5.61. The smallest absolute Gasteiger partial charge is 0.326 e. The molecule has 33 heavy (non-hydrogen) atoms. The van der Waals surface area contributed by atoms with Gasteiger partial charge in [0, 0.05) is 0 Å². The zero-order valence-corrected chi connectivity index (χ0v) is 20.8. The summed E-state index contributed by atoms with van der Waals surface area (Å²) < 4.78 is 0. The van der Waals surface area contributed by atoms with Gasteiger partial charge in [0.15, 0.2) is 0 Å². The lowest BCUT2D eigenvalue weighted by Gasteiger charge is -2.26.